The van der Waals surface area contributed by atoms with Crippen molar-refractivity contribution in [2.45, 2.75) is 20.4 Å². The lowest BCUT2D eigenvalue weighted by molar-refractivity contribution is -0.116. The van der Waals surface area contributed by atoms with Crippen LogP contribution in [0.3, 0.4) is 0 Å². The number of halogens is 1. The highest BCUT2D eigenvalue weighted by Gasteiger charge is 2.10. The number of hydrogen-bond donors (Lipinski definition) is 1. The van der Waals surface area contributed by atoms with Gasteiger partial charge < -0.3 is 5.32 Å². The number of thiazole rings is 1. The molecular weight excluding hydrogens is 308 g/mol. The number of carbonyl (C=O) groups excluding carboxylic acids is 1. The van der Waals surface area contributed by atoms with E-state index in [1.54, 1.807) is 10.7 Å². The van der Waals surface area contributed by atoms with Crippen LogP contribution < -0.4 is 5.32 Å². The minimum absolute atomic E-state index is 0.147. The third-order valence-corrected chi connectivity index (χ3v) is 4.16. The third-order valence-electron chi connectivity index (χ3n) is 2.99. The Labute approximate surface area is 130 Å². The first-order valence-corrected chi connectivity index (χ1v) is 7.58. The largest absolute Gasteiger partial charge is 0.300 e. The molecule has 0 saturated carbocycles. The van der Waals surface area contributed by atoms with E-state index in [4.69, 9.17) is 11.6 Å². The first kappa shape index (κ1) is 14.0. The normalized spacial score (nSPS) is 11.0. The summed E-state index contributed by atoms with van der Waals surface area (Å²) in [6.07, 6.45) is 0. The second-order valence-electron chi connectivity index (χ2n) is 4.76. The maximum atomic E-state index is 12.1. The molecule has 2 aromatic heterocycles. The van der Waals surface area contributed by atoms with Gasteiger partial charge in [-0.1, -0.05) is 22.9 Å². The lowest BCUT2D eigenvalue weighted by Crippen LogP contribution is -2.20. The summed E-state index contributed by atoms with van der Waals surface area (Å²) in [4.78, 5) is 16.4. The molecule has 108 valence electrons. The lowest BCUT2D eigenvalue weighted by atomic mass is 10.3. The molecule has 2 heterocycles. The molecular formula is C14H13ClN4OS. The molecule has 0 saturated heterocycles. The van der Waals surface area contributed by atoms with E-state index in [1.807, 2.05) is 32.0 Å². The fourth-order valence-electron chi connectivity index (χ4n) is 2.08. The summed E-state index contributed by atoms with van der Waals surface area (Å²) in [6, 6.07) is 7.40. The fourth-order valence-corrected chi connectivity index (χ4v) is 3.24. The SMILES string of the molecule is Cc1cc(C)n(CC(=O)Nc2nc3ccc(Cl)cc3s2)n1. The Balaban J connectivity index is 1.75. The van der Waals surface area contributed by atoms with Gasteiger partial charge in [-0.25, -0.2) is 4.98 Å². The van der Waals surface area contributed by atoms with Gasteiger partial charge in [0.05, 0.1) is 15.9 Å². The van der Waals surface area contributed by atoms with E-state index in [1.165, 1.54) is 11.3 Å². The van der Waals surface area contributed by atoms with E-state index in [-0.39, 0.29) is 12.5 Å². The number of benzene rings is 1. The minimum atomic E-state index is -0.147. The number of anilines is 1. The van der Waals surface area contributed by atoms with Crippen LogP contribution in [0.15, 0.2) is 24.3 Å². The van der Waals surface area contributed by atoms with Crippen molar-refractivity contribution in [1.29, 1.82) is 0 Å². The smallest absolute Gasteiger partial charge is 0.247 e. The van der Waals surface area contributed by atoms with Gasteiger partial charge in [-0.3, -0.25) is 9.48 Å². The van der Waals surface area contributed by atoms with Gasteiger partial charge in [0.2, 0.25) is 5.91 Å². The molecule has 0 unspecified atom stereocenters. The quantitative estimate of drug-likeness (QED) is 0.804. The number of carbonyl (C=O) groups is 1. The van der Waals surface area contributed by atoms with Crippen LogP contribution in [0.25, 0.3) is 10.2 Å². The van der Waals surface area contributed by atoms with Crippen LogP contribution in [0.2, 0.25) is 5.02 Å². The van der Waals surface area contributed by atoms with Crippen molar-refractivity contribution < 1.29 is 4.79 Å². The summed E-state index contributed by atoms with van der Waals surface area (Å²) in [5, 5.41) is 8.30. The van der Waals surface area contributed by atoms with Crippen molar-refractivity contribution in [1.82, 2.24) is 14.8 Å². The third kappa shape index (κ3) is 3.06. The number of aromatic nitrogens is 3. The Kier molecular flexibility index (Phi) is 3.65. The Morgan fingerprint density at radius 2 is 2.19 bits per heavy atom. The number of aryl methyl sites for hydroxylation is 2. The van der Waals surface area contributed by atoms with Crippen molar-refractivity contribution in [2.75, 3.05) is 5.32 Å². The van der Waals surface area contributed by atoms with E-state index >= 15 is 0 Å². The Morgan fingerprint density at radius 3 is 2.90 bits per heavy atom. The number of rotatable bonds is 3. The molecule has 3 rings (SSSR count). The topological polar surface area (TPSA) is 59.8 Å². The van der Waals surface area contributed by atoms with Crippen LogP contribution in [-0.4, -0.2) is 20.7 Å². The predicted octanol–water partition coefficient (Wildman–Crippen LogP) is 3.40. The maximum absolute atomic E-state index is 12.1. The van der Waals surface area contributed by atoms with Crippen molar-refractivity contribution in [3.8, 4) is 0 Å². The molecule has 0 aliphatic heterocycles. The van der Waals surface area contributed by atoms with E-state index < -0.39 is 0 Å². The molecule has 1 N–H and O–H groups in total. The summed E-state index contributed by atoms with van der Waals surface area (Å²) in [5.74, 6) is -0.147. The number of nitrogens with zero attached hydrogens (tertiary/aromatic N) is 3. The zero-order valence-corrected chi connectivity index (χ0v) is 13.1. The summed E-state index contributed by atoms with van der Waals surface area (Å²) in [7, 11) is 0. The lowest BCUT2D eigenvalue weighted by Gasteiger charge is -2.03. The molecule has 0 atom stereocenters. The molecule has 1 aromatic carbocycles. The van der Waals surface area contributed by atoms with Gasteiger partial charge in [-0.2, -0.15) is 5.10 Å². The predicted molar refractivity (Wildman–Crippen MR) is 85.0 cm³/mol. The van der Waals surface area contributed by atoms with Crippen LogP contribution in [0.5, 0.6) is 0 Å². The number of fused-ring (bicyclic) bond motifs is 1. The molecule has 0 bridgehead atoms. The second kappa shape index (κ2) is 5.46. The first-order valence-electron chi connectivity index (χ1n) is 6.38. The average Bonchev–Trinajstić information content (AvgIpc) is 2.91. The molecule has 0 spiro atoms. The van der Waals surface area contributed by atoms with E-state index in [0.29, 0.717) is 10.2 Å². The van der Waals surface area contributed by atoms with Crippen molar-refractivity contribution in [2.24, 2.45) is 0 Å². The Bertz CT molecular complexity index is 824. The van der Waals surface area contributed by atoms with Crippen LogP contribution in [0, 0.1) is 13.8 Å². The first-order chi connectivity index (χ1) is 10.0. The molecule has 5 nitrogen and oxygen atoms in total. The van der Waals surface area contributed by atoms with Crippen LogP contribution in [0.4, 0.5) is 5.13 Å². The van der Waals surface area contributed by atoms with Crippen LogP contribution in [0.1, 0.15) is 11.4 Å². The molecule has 0 aliphatic rings. The van der Waals surface area contributed by atoms with Crippen molar-refractivity contribution in [3.63, 3.8) is 0 Å². The van der Waals surface area contributed by atoms with E-state index in [9.17, 15) is 4.79 Å². The molecule has 0 aliphatic carbocycles. The van der Waals surface area contributed by atoms with Gasteiger partial charge in [0.1, 0.15) is 6.54 Å². The number of nitrogens with one attached hydrogen (secondary N) is 1. The van der Waals surface area contributed by atoms with Gasteiger partial charge >= 0.3 is 0 Å². The van der Waals surface area contributed by atoms with Gasteiger partial charge in [0, 0.05) is 10.7 Å². The van der Waals surface area contributed by atoms with Crippen molar-refractivity contribution in [3.05, 3.63) is 40.7 Å². The highest BCUT2D eigenvalue weighted by Crippen LogP contribution is 2.28. The van der Waals surface area contributed by atoms with Crippen molar-refractivity contribution >= 4 is 44.2 Å². The highest BCUT2D eigenvalue weighted by atomic mass is 35.5. The summed E-state index contributed by atoms with van der Waals surface area (Å²) in [6.45, 7) is 4.00. The molecule has 0 radical (unpaired) electrons. The van der Waals surface area contributed by atoms with Gasteiger partial charge in [-0.05, 0) is 38.1 Å². The summed E-state index contributed by atoms with van der Waals surface area (Å²) >= 11 is 7.34. The standard InChI is InChI=1S/C14H13ClN4OS/c1-8-5-9(2)19(18-8)7-13(20)17-14-16-11-4-3-10(15)6-12(11)21-14/h3-6H,7H2,1-2H3,(H,16,17,20). The van der Waals surface area contributed by atoms with Gasteiger partial charge in [-0.15, -0.1) is 0 Å². The van der Waals surface area contributed by atoms with Crippen LogP contribution >= 0.6 is 22.9 Å². The monoisotopic (exact) mass is 320 g/mol. The second-order valence-corrected chi connectivity index (χ2v) is 6.23. The minimum Gasteiger partial charge on any atom is -0.300 e. The zero-order chi connectivity index (χ0) is 15.0. The number of hydrogen-bond acceptors (Lipinski definition) is 4. The van der Waals surface area contributed by atoms with Crippen LogP contribution in [-0.2, 0) is 11.3 Å². The molecule has 7 heteroatoms. The summed E-state index contributed by atoms with van der Waals surface area (Å²) < 4.78 is 2.62. The molecule has 0 fully saturated rings. The molecule has 3 aromatic rings. The molecule has 1 amide bonds. The highest BCUT2D eigenvalue weighted by molar-refractivity contribution is 7.22. The van der Waals surface area contributed by atoms with Gasteiger partial charge in [0.25, 0.3) is 0 Å². The van der Waals surface area contributed by atoms with Gasteiger partial charge in [0.15, 0.2) is 5.13 Å². The average molecular weight is 321 g/mol. The molecule has 21 heavy (non-hydrogen) atoms. The number of amides is 1. The zero-order valence-electron chi connectivity index (χ0n) is 11.6. The summed E-state index contributed by atoms with van der Waals surface area (Å²) in [5.41, 5.74) is 2.68. The Hall–Kier alpha value is -1.92. The Morgan fingerprint density at radius 1 is 1.38 bits per heavy atom. The maximum Gasteiger partial charge on any atom is 0.247 e. The van der Waals surface area contributed by atoms with E-state index in [2.05, 4.69) is 15.4 Å². The van der Waals surface area contributed by atoms with E-state index in [0.717, 1.165) is 21.6 Å². The fraction of sp³-hybridized carbons (Fsp3) is 0.214.